The molecule has 2 aromatic rings. The van der Waals surface area contributed by atoms with Crippen molar-refractivity contribution in [1.82, 2.24) is 0 Å². The van der Waals surface area contributed by atoms with Gasteiger partial charge in [0.05, 0.1) is 13.2 Å². The van der Waals surface area contributed by atoms with Gasteiger partial charge in [-0.3, -0.25) is 0 Å². The topological polar surface area (TPSA) is 31.0 Å². The summed E-state index contributed by atoms with van der Waals surface area (Å²) in [5.74, 6) is 1.81. The molecule has 1 atom stereocenters. The van der Waals surface area contributed by atoms with Crippen LogP contribution in [0.4, 0.5) is 0 Å². The van der Waals surface area contributed by atoms with Gasteiger partial charge in [0.1, 0.15) is 24.2 Å². The molecule has 3 heteroatoms. The minimum atomic E-state index is 0.148. The summed E-state index contributed by atoms with van der Waals surface area (Å²) in [6, 6.07) is 12.2. The van der Waals surface area contributed by atoms with E-state index in [1.54, 1.807) is 0 Å². The molecule has 1 fully saturated rings. The molecule has 21 heavy (non-hydrogen) atoms. The first-order chi connectivity index (χ1) is 10.0. The molecule has 2 aromatic carbocycles. The Morgan fingerprint density at radius 2 is 1.95 bits per heavy atom. The molecule has 1 unspecified atom stereocenters. The molecule has 0 amide bonds. The zero-order valence-electron chi connectivity index (χ0n) is 12.9. The van der Waals surface area contributed by atoms with Crippen LogP contribution in [0.1, 0.15) is 20.8 Å². The molecule has 1 aliphatic rings. The van der Waals surface area contributed by atoms with Crippen LogP contribution >= 0.6 is 0 Å². The zero-order valence-corrected chi connectivity index (χ0v) is 12.9. The van der Waals surface area contributed by atoms with Crippen LogP contribution in [0.15, 0.2) is 36.4 Å². The number of ether oxygens (including phenoxy) is 3. The fraction of sp³-hybridized carbons (Fsp3) is 0.444. The van der Waals surface area contributed by atoms with E-state index in [0.29, 0.717) is 13.2 Å². The Kier molecular flexibility index (Phi) is 3.77. The maximum atomic E-state index is 5.97. The second-order valence-electron chi connectivity index (χ2n) is 6.75. The van der Waals surface area contributed by atoms with Gasteiger partial charge in [-0.15, -0.1) is 0 Å². The minimum absolute atomic E-state index is 0.148. The van der Waals surface area contributed by atoms with E-state index in [0.717, 1.165) is 28.9 Å². The van der Waals surface area contributed by atoms with Crippen LogP contribution in [0.3, 0.4) is 0 Å². The summed E-state index contributed by atoms with van der Waals surface area (Å²) in [5, 5.41) is 2.26. The molecule has 1 heterocycles. The Morgan fingerprint density at radius 1 is 1.14 bits per heavy atom. The van der Waals surface area contributed by atoms with Gasteiger partial charge in [0.25, 0.3) is 0 Å². The average molecular weight is 286 g/mol. The molecule has 1 aliphatic heterocycles. The second-order valence-corrected chi connectivity index (χ2v) is 6.75. The number of hydrogen-bond acceptors (Lipinski definition) is 3. The van der Waals surface area contributed by atoms with Gasteiger partial charge in [-0.25, -0.2) is 0 Å². The standard InChI is InChI=1S/C18H22O3/c1-18(2,3)12-21-17-6-4-5-13-9-14(7-8-16(13)17)19-10-15-11-20-15/h4-9,15H,10-12H2,1-3H3. The molecule has 0 bridgehead atoms. The lowest BCUT2D eigenvalue weighted by atomic mass is 9.98. The highest BCUT2D eigenvalue weighted by molar-refractivity contribution is 5.89. The van der Waals surface area contributed by atoms with Crippen molar-refractivity contribution in [3.8, 4) is 11.5 Å². The first-order valence-electron chi connectivity index (χ1n) is 7.41. The normalized spacial score (nSPS) is 17.8. The summed E-state index contributed by atoms with van der Waals surface area (Å²) >= 11 is 0. The molecule has 0 N–H and O–H groups in total. The Bertz CT molecular complexity index is 624. The van der Waals surface area contributed by atoms with Crippen LogP contribution in [-0.4, -0.2) is 25.9 Å². The lowest BCUT2D eigenvalue weighted by Gasteiger charge is -2.19. The summed E-state index contributed by atoms with van der Waals surface area (Å²) in [4.78, 5) is 0. The smallest absolute Gasteiger partial charge is 0.127 e. The molecule has 1 saturated heterocycles. The molecule has 0 radical (unpaired) electrons. The van der Waals surface area contributed by atoms with E-state index in [2.05, 4.69) is 39.0 Å². The first-order valence-corrected chi connectivity index (χ1v) is 7.41. The van der Waals surface area contributed by atoms with Crippen molar-refractivity contribution in [2.24, 2.45) is 5.41 Å². The van der Waals surface area contributed by atoms with Crippen LogP contribution < -0.4 is 9.47 Å². The molecule has 0 saturated carbocycles. The number of hydrogen-bond donors (Lipinski definition) is 0. The highest BCUT2D eigenvalue weighted by Crippen LogP contribution is 2.30. The molecule has 0 aromatic heterocycles. The number of benzene rings is 2. The largest absolute Gasteiger partial charge is 0.492 e. The van der Waals surface area contributed by atoms with Crippen molar-refractivity contribution in [3.05, 3.63) is 36.4 Å². The third kappa shape index (κ3) is 3.88. The second kappa shape index (κ2) is 5.57. The van der Waals surface area contributed by atoms with Crippen LogP contribution in [0.5, 0.6) is 11.5 Å². The lowest BCUT2D eigenvalue weighted by molar-refractivity contribution is 0.200. The van der Waals surface area contributed by atoms with Gasteiger partial charge >= 0.3 is 0 Å². The van der Waals surface area contributed by atoms with Crippen LogP contribution in [0.2, 0.25) is 0 Å². The molecular weight excluding hydrogens is 264 g/mol. The molecule has 3 rings (SSSR count). The van der Waals surface area contributed by atoms with Gasteiger partial charge in [0.2, 0.25) is 0 Å². The third-order valence-electron chi connectivity index (χ3n) is 3.31. The van der Waals surface area contributed by atoms with Gasteiger partial charge in [0.15, 0.2) is 0 Å². The number of epoxide rings is 1. The van der Waals surface area contributed by atoms with Gasteiger partial charge in [-0.2, -0.15) is 0 Å². The fourth-order valence-corrected chi connectivity index (χ4v) is 2.10. The molecule has 112 valence electrons. The van der Waals surface area contributed by atoms with Crippen molar-refractivity contribution >= 4 is 10.8 Å². The molecular formula is C18H22O3. The van der Waals surface area contributed by atoms with Crippen LogP contribution in [-0.2, 0) is 4.74 Å². The Hall–Kier alpha value is -1.74. The Balaban J connectivity index is 1.78. The SMILES string of the molecule is CC(C)(C)COc1cccc2cc(OCC3CO3)ccc12. The zero-order chi connectivity index (χ0) is 14.9. The molecule has 3 nitrogen and oxygen atoms in total. The summed E-state index contributed by atoms with van der Waals surface area (Å²) < 4.78 is 16.9. The van der Waals surface area contributed by atoms with Crippen molar-refractivity contribution in [2.75, 3.05) is 19.8 Å². The summed E-state index contributed by atoms with van der Waals surface area (Å²) in [5.41, 5.74) is 0.148. The average Bonchev–Trinajstić information content (AvgIpc) is 3.26. The highest BCUT2D eigenvalue weighted by Gasteiger charge is 2.23. The maximum absolute atomic E-state index is 5.97. The molecule has 0 aliphatic carbocycles. The highest BCUT2D eigenvalue weighted by atomic mass is 16.6. The van der Waals surface area contributed by atoms with E-state index in [1.807, 2.05) is 18.2 Å². The van der Waals surface area contributed by atoms with E-state index in [9.17, 15) is 0 Å². The number of fused-ring (bicyclic) bond motifs is 1. The van der Waals surface area contributed by atoms with Gasteiger partial charge < -0.3 is 14.2 Å². The van der Waals surface area contributed by atoms with E-state index in [4.69, 9.17) is 14.2 Å². The predicted octanol–water partition coefficient (Wildman–Crippen LogP) is 4.04. The summed E-state index contributed by atoms with van der Waals surface area (Å²) in [6.07, 6.45) is 0.280. The van der Waals surface area contributed by atoms with E-state index < -0.39 is 0 Å². The predicted molar refractivity (Wildman–Crippen MR) is 84.1 cm³/mol. The van der Waals surface area contributed by atoms with Crippen molar-refractivity contribution in [1.29, 1.82) is 0 Å². The van der Waals surface area contributed by atoms with E-state index >= 15 is 0 Å². The van der Waals surface area contributed by atoms with Gasteiger partial charge in [-0.1, -0.05) is 32.9 Å². The fourth-order valence-electron chi connectivity index (χ4n) is 2.10. The number of rotatable bonds is 5. The van der Waals surface area contributed by atoms with Gasteiger partial charge in [-0.05, 0) is 35.1 Å². The Morgan fingerprint density at radius 3 is 2.67 bits per heavy atom. The van der Waals surface area contributed by atoms with Gasteiger partial charge in [0, 0.05) is 5.39 Å². The minimum Gasteiger partial charge on any atom is -0.492 e. The lowest BCUT2D eigenvalue weighted by Crippen LogP contribution is -2.16. The van der Waals surface area contributed by atoms with Crippen LogP contribution in [0.25, 0.3) is 10.8 Å². The monoisotopic (exact) mass is 286 g/mol. The third-order valence-corrected chi connectivity index (χ3v) is 3.31. The van der Waals surface area contributed by atoms with Crippen molar-refractivity contribution in [3.63, 3.8) is 0 Å². The summed E-state index contributed by atoms with van der Waals surface area (Å²) in [6.45, 7) is 8.66. The maximum Gasteiger partial charge on any atom is 0.127 e. The van der Waals surface area contributed by atoms with Crippen LogP contribution in [0, 0.1) is 5.41 Å². The van der Waals surface area contributed by atoms with E-state index in [-0.39, 0.29) is 11.5 Å². The quantitative estimate of drug-likeness (QED) is 0.777. The van der Waals surface area contributed by atoms with Crippen molar-refractivity contribution < 1.29 is 14.2 Å². The summed E-state index contributed by atoms with van der Waals surface area (Å²) in [7, 11) is 0. The Labute approximate surface area is 125 Å². The first kappa shape index (κ1) is 14.2. The molecule has 0 spiro atoms. The van der Waals surface area contributed by atoms with Crippen molar-refractivity contribution in [2.45, 2.75) is 26.9 Å². The van der Waals surface area contributed by atoms with E-state index in [1.165, 1.54) is 0 Å².